The average Bonchev–Trinajstić information content (AvgIpc) is 3.68. The molecule has 0 atom stereocenters. The number of hydrogen-bond acceptors (Lipinski definition) is 10. The molecule has 2 aliphatic heterocycles. The predicted octanol–water partition coefficient (Wildman–Crippen LogP) is 1.69. The summed E-state index contributed by atoms with van der Waals surface area (Å²) in [7, 11) is -2.18. The minimum absolute atomic E-state index is 0.135. The normalized spacial score (nSPS) is 18.8. The van der Waals surface area contributed by atoms with Crippen molar-refractivity contribution < 1.29 is 27.8 Å². The molecule has 38 heavy (non-hydrogen) atoms. The van der Waals surface area contributed by atoms with Gasteiger partial charge in [-0.2, -0.15) is 0 Å². The van der Waals surface area contributed by atoms with Crippen molar-refractivity contribution in [3.63, 3.8) is 0 Å². The number of nitrogens with zero attached hydrogens (tertiary/aromatic N) is 4. The van der Waals surface area contributed by atoms with Crippen LogP contribution >= 0.6 is 0 Å². The molecule has 3 N–H and O–H groups in total. The Morgan fingerprint density at radius 1 is 1.13 bits per heavy atom. The third-order valence-electron chi connectivity index (χ3n) is 7.47. The van der Waals surface area contributed by atoms with Crippen molar-refractivity contribution in [3.05, 3.63) is 30.1 Å². The number of morpholine rings is 1. The van der Waals surface area contributed by atoms with Crippen LogP contribution < -0.4 is 24.6 Å². The van der Waals surface area contributed by atoms with Gasteiger partial charge in [-0.25, -0.2) is 18.4 Å². The molecule has 1 spiro atoms. The van der Waals surface area contributed by atoms with Crippen molar-refractivity contribution >= 4 is 38.9 Å². The van der Waals surface area contributed by atoms with Crippen LogP contribution in [0.1, 0.15) is 36.2 Å². The molecule has 12 nitrogen and oxygen atoms in total. The maximum atomic E-state index is 13.4. The Bertz CT molecular complexity index is 1270. The molecular formula is C25H34N6O6S. The highest BCUT2D eigenvalue weighted by molar-refractivity contribution is 7.92. The summed E-state index contributed by atoms with van der Waals surface area (Å²) in [6.07, 6.45) is 6.07. The molecule has 2 aromatic heterocycles. The molecule has 0 radical (unpaired) electrons. The smallest absolute Gasteiger partial charge is 0.274 e. The minimum atomic E-state index is -3.75. The summed E-state index contributed by atoms with van der Waals surface area (Å²) in [4.78, 5) is 26.4. The number of piperidine rings is 1. The minimum Gasteiger partial charge on any atom is -0.493 e. The quantitative estimate of drug-likeness (QED) is 0.425. The molecule has 0 unspecified atom stereocenters. The molecule has 1 amide bonds. The fourth-order valence-corrected chi connectivity index (χ4v) is 5.77. The first kappa shape index (κ1) is 26.4. The molecule has 3 aliphatic rings. The van der Waals surface area contributed by atoms with Gasteiger partial charge < -0.3 is 29.7 Å². The first-order valence-corrected chi connectivity index (χ1v) is 14.5. The van der Waals surface area contributed by atoms with Gasteiger partial charge in [-0.1, -0.05) is 0 Å². The zero-order valence-corrected chi connectivity index (χ0v) is 22.3. The van der Waals surface area contributed by atoms with Crippen LogP contribution in [0.3, 0.4) is 0 Å². The number of pyridine rings is 2. The monoisotopic (exact) mass is 546 g/mol. The maximum absolute atomic E-state index is 13.4. The second-order valence-electron chi connectivity index (χ2n) is 9.99. The average molecular weight is 547 g/mol. The molecule has 206 valence electrons. The number of hydrogen-bond donors (Lipinski definition) is 3. The van der Waals surface area contributed by atoms with Gasteiger partial charge in [-0.3, -0.25) is 9.52 Å². The van der Waals surface area contributed by atoms with E-state index in [2.05, 4.69) is 24.9 Å². The highest BCUT2D eigenvalue weighted by Gasteiger charge is 2.44. The number of sulfonamides is 1. The van der Waals surface area contributed by atoms with E-state index in [1.807, 2.05) is 4.90 Å². The number of aromatic nitrogens is 2. The van der Waals surface area contributed by atoms with Gasteiger partial charge in [0.1, 0.15) is 11.5 Å². The summed E-state index contributed by atoms with van der Waals surface area (Å²) in [5.41, 5.74) is 1.83. The number of methoxy groups -OCH3 is 1. The first-order valence-electron chi connectivity index (χ1n) is 12.9. The molecule has 5 rings (SSSR count). The third-order valence-corrected chi connectivity index (χ3v) is 8.71. The van der Waals surface area contributed by atoms with E-state index in [9.17, 15) is 13.2 Å². The second kappa shape index (κ2) is 10.9. The van der Waals surface area contributed by atoms with Crippen molar-refractivity contribution in [2.24, 2.45) is 5.41 Å². The fraction of sp³-hybridized carbons (Fsp3) is 0.560. The van der Waals surface area contributed by atoms with Crippen molar-refractivity contribution in [3.8, 4) is 5.75 Å². The number of nitrogens with one attached hydrogen (secondary N) is 2. The molecule has 2 saturated heterocycles. The number of aliphatic hydroxyl groups excluding tert-OH is 1. The molecule has 4 heterocycles. The van der Waals surface area contributed by atoms with Crippen molar-refractivity contribution in [1.29, 1.82) is 0 Å². The Hall–Kier alpha value is -3.16. The standard InChI is InChI=1S/C25H34N6O6S/c1-36-21-3-2-18(27-23(21)31-10-13-37-14-11-31)24(33)28-19-17-26-22(29-38(34,35)15-12-32)16-20(19)30-8-6-25(4-5-25)7-9-30/h2-3,16-17,32H,4-15H2,1H3,(H,26,29)(H,28,33). The summed E-state index contributed by atoms with van der Waals surface area (Å²) in [6.45, 7) is 3.55. The van der Waals surface area contributed by atoms with Crippen LogP contribution in [0.4, 0.5) is 23.0 Å². The Labute approximate surface area is 222 Å². The summed E-state index contributed by atoms with van der Waals surface area (Å²) in [5.74, 6) is 0.460. The van der Waals surface area contributed by atoms with Gasteiger partial charge >= 0.3 is 0 Å². The summed E-state index contributed by atoms with van der Waals surface area (Å²) in [6, 6.07) is 4.97. The lowest BCUT2D eigenvalue weighted by Crippen LogP contribution is -2.37. The van der Waals surface area contributed by atoms with Crippen LogP contribution in [-0.2, 0) is 14.8 Å². The van der Waals surface area contributed by atoms with Gasteiger partial charge in [0, 0.05) is 32.2 Å². The maximum Gasteiger partial charge on any atom is 0.274 e. The van der Waals surface area contributed by atoms with E-state index >= 15 is 0 Å². The number of anilines is 4. The topological polar surface area (TPSA) is 146 Å². The SMILES string of the molecule is COc1ccc(C(=O)Nc2cnc(NS(=O)(=O)CCO)cc2N2CCC3(CC2)CC3)nc1N1CCOCC1. The van der Waals surface area contributed by atoms with E-state index in [0.29, 0.717) is 54.7 Å². The number of ether oxygens (including phenoxy) is 2. The van der Waals surface area contributed by atoms with Crippen molar-refractivity contribution in [2.45, 2.75) is 25.7 Å². The van der Waals surface area contributed by atoms with Crippen LogP contribution in [-0.4, -0.2) is 88.3 Å². The molecule has 1 saturated carbocycles. The molecule has 13 heteroatoms. The van der Waals surface area contributed by atoms with Crippen LogP contribution in [0.15, 0.2) is 24.4 Å². The largest absolute Gasteiger partial charge is 0.493 e. The van der Waals surface area contributed by atoms with E-state index < -0.39 is 28.3 Å². The molecule has 2 aromatic rings. The highest BCUT2D eigenvalue weighted by Crippen LogP contribution is 2.54. The van der Waals surface area contributed by atoms with Gasteiger partial charge in [0.05, 0.1) is 50.3 Å². The Balaban J connectivity index is 1.40. The molecule has 3 fully saturated rings. The summed E-state index contributed by atoms with van der Waals surface area (Å²) >= 11 is 0. The molecule has 1 aliphatic carbocycles. The van der Waals surface area contributed by atoms with Crippen LogP contribution in [0, 0.1) is 5.41 Å². The number of rotatable bonds is 9. The Morgan fingerprint density at radius 3 is 2.53 bits per heavy atom. The summed E-state index contributed by atoms with van der Waals surface area (Å²) in [5, 5.41) is 12.0. The molecular weight excluding hydrogens is 512 g/mol. The second-order valence-corrected chi connectivity index (χ2v) is 11.8. The van der Waals surface area contributed by atoms with Crippen molar-refractivity contribution in [1.82, 2.24) is 9.97 Å². The Morgan fingerprint density at radius 2 is 1.87 bits per heavy atom. The lowest BCUT2D eigenvalue weighted by molar-refractivity contribution is 0.102. The first-order chi connectivity index (χ1) is 18.3. The predicted molar refractivity (Wildman–Crippen MR) is 144 cm³/mol. The van der Waals surface area contributed by atoms with Gasteiger partial charge in [0.2, 0.25) is 10.0 Å². The van der Waals surface area contributed by atoms with Gasteiger partial charge in [0.25, 0.3) is 5.91 Å². The number of aliphatic hydroxyl groups is 1. The van der Waals surface area contributed by atoms with Gasteiger partial charge in [-0.05, 0) is 43.2 Å². The van der Waals surface area contributed by atoms with Crippen LogP contribution in [0.2, 0.25) is 0 Å². The van der Waals surface area contributed by atoms with E-state index in [1.165, 1.54) is 19.0 Å². The van der Waals surface area contributed by atoms with Gasteiger partial charge in [0.15, 0.2) is 11.6 Å². The molecule has 0 aromatic carbocycles. The van der Waals surface area contributed by atoms with E-state index in [-0.39, 0.29) is 11.5 Å². The van der Waals surface area contributed by atoms with Crippen LogP contribution in [0.25, 0.3) is 0 Å². The van der Waals surface area contributed by atoms with Crippen molar-refractivity contribution in [2.75, 3.05) is 78.7 Å². The number of carbonyl (C=O) groups is 1. The van der Waals surface area contributed by atoms with E-state index in [0.717, 1.165) is 25.9 Å². The summed E-state index contributed by atoms with van der Waals surface area (Å²) < 4.78 is 37.8. The number of amides is 1. The molecule has 0 bridgehead atoms. The third kappa shape index (κ3) is 5.94. The lowest BCUT2D eigenvalue weighted by Gasteiger charge is -2.35. The van der Waals surface area contributed by atoms with E-state index in [1.54, 1.807) is 25.3 Å². The van der Waals surface area contributed by atoms with E-state index in [4.69, 9.17) is 14.6 Å². The zero-order valence-electron chi connectivity index (χ0n) is 21.5. The lowest BCUT2D eigenvalue weighted by atomic mass is 9.93. The number of carbonyl (C=O) groups excluding carboxylic acids is 1. The zero-order chi connectivity index (χ0) is 26.8. The highest BCUT2D eigenvalue weighted by atomic mass is 32.2. The van der Waals surface area contributed by atoms with Crippen LogP contribution in [0.5, 0.6) is 5.75 Å². The van der Waals surface area contributed by atoms with Gasteiger partial charge in [-0.15, -0.1) is 0 Å². The Kier molecular flexibility index (Phi) is 7.59. The fourth-order valence-electron chi connectivity index (χ4n) is 5.00.